The fourth-order valence-corrected chi connectivity index (χ4v) is 3.41. The van der Waals surface area contributed by atoms with E-state index in [1.165, 1.54) is 0 Å². The molecule has 1 fully saturated rings. The molecule has 3 aromatic rings. The van der Waals surface area contributed by atoms with Crippen LogP contribution < -0.4 is 25.3 Å². The number of nitrogen functional groups attached to an aromatic ring is 1. The molecular formula is C22H24FN5O3. The molecule has 0 bridgehead atoms. The van der Waals surface area contributed by atoms with Crippen LogP contribution in [-0.4, -0.2) is 35.8 Å². The van der Waals surface area contributed by atoms with Crippen LogP contribution in [0.3, 0.4) is 0 Å². The maximum atomic E-state index is 14.9. The Hall–Kier alpha value is -3.62. The van der Waals surface area contributed by atoms with Crippen molar-refractivity contribution >= 4 is 11.8 Å². The Balaban J connectivity index is 1.41. The number of nitrogens with two attached hydrogens (primary N) is 1. The number of pyridine rings is 1. The summed E-state index contributed by atoms with van der Waals surface area (Å²) in [6.45, 7) is 0.602. The normalized spacial score (nSPS) is 17.1. The van der Waals surface area contributed by atoms with Crippen LogP contribution in [0, 0.1) is 11.7 Å². The fraction of sp³-hybridized carbons (Fsp3) is 0.318. The third kappa shape index (κ3) is 4.76. The van der Waals surface area contributed by atoms with Crippen molar-refractivity contribution in [3.05, 3.63) is 59.7 Å². The van der Waals surface area contributed by atoms with Gasteiger partial charge >= 0.3 is 0 Å². The predicted molar refractivity (Wildman–Crippen MR) is 114 cm³/mol. The summed E-state index contributed by atoms with van der Waals surface area (Å²) in [5, 5.41) is 2.94. The quantitative estimate of drug-likeness (QED) is 0.538. The summed E-state index contributed by atoms with van der Waals surface area (Å²) in [5.41, 5.74) is 7.60. The lowest BCUT2D eigenvalue weighted by molar-refractivity contribution is 0.271. The number of methoxy groups -OCH3 is 2. The number of aromatic nitrogens is 3. The number of benzene rings is 1. The molecular weight excluding hydrogens is 401 g/mol. The maximum Gasteiger partial charge on any atom is 0.257 e. The van der Waals surface area contributed by atoms with Gasteiger partial charge in [0.2, 0.25) is 11.8 Å². The molecule has 0 radical (unpaired) electrons. The number of rotatable bonds is 9. The second-order valence-corrected chi connectivity index (χ2v) is 7.25. The SMILES string of the molecule is COc1ccc(CNc2nc(N)nc(OCC3CC3c3ccccn3)c2F)c(OC)c1. The Kier molecular flexibility index (Phi) is 6.01. The molecule has 1 aliphatic rings. The molecule has 2 aromatic heterocycles. The summed E-state index contributed by atoms with van der Waals surface area (Å²) >= 11 is 0. The van der Waals surface area contributed by atoms with Crippen LogP contribution in [0.15, 0.2) is 42.6 Å². The van der Waals surface area contributed by atoms with Crippen molar-refractivity contribution < 1.29 is 18.6 Å². The summed E-state index contributed by atoms with van der Waals surface area (Å²) in [4.78, 5) is 12.2. The van der Waals surface area contributed by atoms with E-state index in [0.717, 1.165) is 17.7 Å². The summed E-state index contributed by atoms with van der Waals surface area (Å²) < 4.78 is 31.1. The van der Waals surface area contributed by atoms with Crippen LogP contribution in [-0.2, 0) is 6.54 Å². The molecule has 0 spiro atoms. The van der Waals surface area contributed by atoms with Gasteiger partial charge in [-0.05, 0) is 30.7 Å². The lowest BCUT2D eigenvalue weighted by Crippen LogP contribution is -2.11. The van der Waals surface area contributed by atoms with Crippen LogP contribution >= 0.6 is 0 Å². The van der Waals surface area contributed by atoms with Gasteiger partial charge in [-0.1, -0.05) is 6.07 Å². The van der Waals surface area contributed by atoms with E-state index >= 15 is 0 Å². The first-order valence-electron chi connectivity index (χ1n) is 9.90. The van der Waals surface area contributed by atoms with Crippen molar-refractivity contribution in [1.29, 1.82) is 0 Å². The number of hydrogen-bond donors (Lipinski definition) is 2. The third-order valence-electron chi connectivity index (χ3n) is 5.20. The molecule has 9 heteroatoms. The lowest BCUT2D eigenvalue weighted by Gasteiger charge is -2.13. The molecule has 4 rings (SSSR count). The first kappa shape index (κ1) is 20.6. The Morgan fingerprint density at radius 2 is 2.03 bits per heavy atom. The zero-order valence-corrected chi connectivity index (χ0v) is 17.3. The highest BCUT2D eigenvalue weighted by molar-refractivity contribution is 5.48. The standard InChI is InChI=1S/C22H24FN5O3/c1-29-15-7-6-13(18(10-15)30-2)11-26-20-19(23)21(28-22(24)27-20)31-12-14-9-16(14)17-5-3-4-8-25-17/h3-8,10,14,16H,9,11-12H2,1-2H3,(H3,24,26,27,28). The third-order valence-corrected chi connectivity index (χ3v) is 5.20. The molecule has 2 atom stereocenters. The molecule has 1 saturated carbocycles. The van der Waals surface area contributed by atoms with E-state index in [4.69, 9.17) is 19.9 Å². The highest BCUT2D eigenvalue weighted by Gasteiger charge is 2.40. The molecule has 3 N–H and O–H groups in total. The molecule has 2 unspecified atom stereocenters. The number of nitrogens with zero attached hydrogens (tertiary/aromatic N) is 3. The van der Waals surface area contributed by atoms with E-state index in [9.17, 15) is 4.39 Å². The molecule has 8 nitrogen and oxygen atoms in total. The highest BCUT2D eigenvalue weighted by Crippen LogP contribution is 2.46. The monoisotopic (exact) mass is 425 g/mol. The smallest absolute Gasteiger partial charge is 0.257 e. The number of halogens is 1. The van der Waals surface area contributed by atoms with Gasteiger partial charge in [0.25, 0.3) is 5.88 Å². The number of anilines is 2. The maximum absolute atomic E-state index is 14.9. The van der Waals surface area contributed by atoms with Gasteiger partial charge in [0.1, 0.15) is 11.5 Å². The summed E-state index contributed by atoms with van der Waals surface area (Å²) in [5.74, 6) is 0.919. The van der Waals surface area contributed by atoms with Gasteiger partial charge in [0.15, 0.2) is 5.82 Å². The van der Waals surface area contributed by atoms with Gasteiger partial charge in [-0.3, -0.25) is 4.98 Å². The minimum absolute atomic E-state index is 0.0301. The zero-order chi connectivity index (χ0) is 21.8. The Labute approximate surface area is 179 Å². The minimum Gasteiger partial charge on any atom is -0.497 e. The number of ether oxygens (including phenoxy) is 3. The van der Waals surface area contributed by atoms with E-state index in [2.05, 4.69) is 20.3 Å². The van der Waals surface area contributed by atoms with Crippen molar-refractivity contribution in [2.45, 2.75) is 18.9 Å². The van der Waals surface area contributed by atoms with Crippen molar-refractivity contribution in [1.82, 2.24) is 15.0 Å². The average Bonchev–Trinajstić information content (AvgIpc) is 3.58. The second kappa shape index (κ2) is 9.03. The predicted octanol–water partition coefficient (Wildman–Crippen LogP) is 3.40. The van der Waals surface area contributed by atoms with Gasteiger partial charge in [-0.25, -0.2) is 0 Å². The first-order chi connectivity index (χ1) is 15.1. The van der Waals surface area contributed by atoms with Crippen molar-refractivity contribution in [2.24, 2.45) is 5.92 Å². The van der Waals surface area contributed by atoms with E-state index < -0.39 is 5.82 Å². The largest absolute Gasteiger partial charge is 0.497 e. The Bertz CT molecular complexity index is 1050. The molecule has 1 aliphatic carbocycles. The van der Waals surface area contributed by atoms with Crippen LogP contribution in [0.5, 0.6) is 17.4 Å². The molecule has 0 amide bonds. The number of hydrogen-bond acceptors (Lipinski definition) is 8. The van der Waals surface area contributed by atoms with Crippen molar-refractivity contribution in [3.8, 4) is 17.4 Å². The molecule has 0 aliphatic heterocycles. The fourth-order valence-electron chi connectivity index (χ4n) is 3.41. The summed E-state index contributed by atoms with van der Waals surface area (Å²) in [6.07, 6.45) is 2.72. The van der Waals surface area contributed by atoms with Crippen LogP contribution in [0.4, 0.5) is 16.2 Å². The average molecular weight is 425 g/mol. The van der Waals surface area contributed by atoms with Gasteiger partial charge in [0, 0.05) is 41.9 Å². The van der Waals surface area contributed by atoms with Gasteiger partial charge in [-0.15, -0.1) is 0 Å². The van der Waals surface area contributed by atoms with Gasteiger partial charge in [0.05, 0.1) is 20.8 Å². The Morgan fingerprint density at radius 1 is 1.16 bits per heavy atom. The van der Waals surface area contributed by atoms with Crippen LogP contribution in [0.25, 0.3) is 0 Å². The minimum atomic E-state index is -0.684. The topological polar surface area (TPSA) is 104 Å². The highest BCUT2D eigenvalue weighted by atomic mass is 19.1. The molecule has 31 heavy (non-hydrogen) atoms. The van der Waals surface area contributed by atoms with Gasteiger partial charge in [-0.2, -0.15) is 14.4 Å². The number of nitrogens with one attached hydrogen (secondary N) is 1. The second-order valence-electron chi connectivity index (χ2n) is 7.25. The van der Waals surface area contributed by atoms with Crippen molar-refractivity contribution in [2.75, 3.05) is 31.9 Å². The molecule has 2 heterocycles. The van der Waals surface area contributed by atoms with Crippen molar-refractivity contribution in [3.63, 3.8) is 0 Å². The van der Waals surface area contributed by atoms with E-state index in [-0.39, 0.29) is 30.1 Å². The lowest BCUT2D eigenvalue weighted by atomic mass is 10.2. The van der Waals surface area contributed by atoms with E-state index in [1.807, 2.05) is 24.3 Å². The first-order valence-corrected chi connectivity index (χ1v) is 9.90. The van der Waals surface area contributed by atoms with Crippen LogP contribution in [0.2, 0.25) is 0 Å². The van der Waals surface area contributed by atoms with Crippen LogP contribution in [0.1, 0.15) is 23.6 Å². The molecule has 0 saturated heterocycles. The summed E-state index contributed by atoms with van der Waals surface area (Å²) in [7, 11) is 3.14. The van der Waals surface area contributed by atoms with E-state index in [0.29, 0.717) is 24.0 Å². The van der Waals surface area contributed by atoms with E-state index in [1.54, 1.807) is 32.5 Å². The Morgan fingerprint density at radius 3 is 2.77 bits per heavy atom. The molecule has 1 aromatic carbocycles. The molecule has 162 valence electrons. The zero-order valence-electron chi connectivity index (χ0n) is 17.3. The summed E-state index contributed by atoms with van der Waals surface area (Å²) in [6, 6.07) is 11.2. The van der Waals surface area contributed by atoms with Gasteiger partial charge < -0.3 is 25.3 Å².